The second kappa shape index (κ2) is 10.5. The van der Waals surface area contributed by atoms with Gasteiger partial charge in [0.25, 0.3) is 5.56 Å². The van der Waals surface area contributed by atoms with Crippen molar-refractivity contribution in [2.75, 3.05) is 37.6 Å². The molecular weight excluding hydrogens is 505 g/mol. The minimum absolute atomic E-state index is 0.0153. The molecule has 6 rings (SSSR count). The van der Waals surface area contributed by atoms with Gasteiger partial charge in [0.15, 0.2) is 5.65 Å². The summed E-state index contributed by atoms with van der Waals surface area (Å²) in [6, 6.07) is 10.2. The summed E-state index contributed by atoms with van der Waals surface area (Å²) in [6.07, 6.45) is 2.53. The van der Waals surface area contributed by atoms with E-state index in [4.69, 9.17) is 4.98 Å². The molecule has 1 unspecified atom stereocenters. The number of fused-ring (bicyclic) bond motifs is 1. The van der Waals surface area contributed by atoms with E-state index in [1.807, 2.05) is 10.6 Å². The van der Waals surface area contributed by atoms with E-state index >= 15 is 0 Å². The number of anilines is 1. The monoisotopic (exact) mass is 540 g/mol. The predicted molar refractivity (Wildman–Crippen MR) is 145 cm³/mol. The highest BCUT2D eigenvalue weighted by molar-refractivity contribution is 5.74. The second-order valence-electron chi connectivity index (χ2n) is 11.1. The lowest BCUT2D eigenvalue weighted by atomic mass is 9.98. The van der Waals surface area contributed by atoms with E-state index in [-0.39, 0.29) is 11.6 Å². The minimum Gasteiger partial charge on any atom is -0.339 e. The van der Waals surface area contributed by atoms with Crippen molar-refractivity contribution in [3.8, 4) is 0 Å². The molecule has 3 fully saturated rings. The van der Waals surface area contributed by atoms with Crippen LogP contribution < -0.4 is 10.5 Å². The first-order valence-corrected chi connectivity index (χ1v) is 14.1. The Morgan fingerprint density at radius 3 is 2.36 bits per heavy atom. The maximum Gasteiger partial charge on any atom is 0.416 e. The van der Waals surface area contributed by atoms with Crippen molar-refractivity contribution < 1.29 is 13.2 Å². The summed E-state index contributed by atoms with van der Waals surface area (Å²) < 4.78 is 40.5. The van der Waals surface area contributed by atoms with E-state index < -0.39 is 11.7 Å². The Kier molecular flexibility index (Phi) is 7.09. The number of hydrogen-bond acceptors (Lipinski definition) is 6. The highest BCUT2D eigenvalue weighted by Crippen LogP contribution is 2.37. The molecule has 2 saturated heterocycles. The van der Waals surface area contributed by atoms with Crippen LogP contribution in [0.25, 0.3) is 11.0 Å². The molecule has 1 saturated carbocycles. The number of halogens is 3. The van der Waals surface area contributed by atoms with E-state index in [9.17, 15) is 18.0 Å². The summed E-state index contributed by atoms with van der Waals surface area (Å²) in [6.45, 7) is 7.34. The lowest BCUT2D eigenvalue weighted by Crippen LogP contribution is -2.59. The van der Waals surface area contributed by atoms with Gasteiger partial charge in [-0.25, -0.2) is 4.98 Å². The van der Waals surface area contributed by atoms with Gasteiger partial charge in [0.05, 0.1) is 10.9 Å². The van der Waals surface area contributed by atoms with Gasteiger partial charge in [-0.1, -0.05) is 19.1 Å². The molecule has 0 spiro atoms. The van der Waals surface area contributed by atoms with Gasteiger partial charge in [-0.05, 0) is 75.0 Å². The molecule has 4 heterocycles. The smallest absolute Gasteiger partial charge is 0.339 e. The molecule has 7 nitrogen and oxygen atoms in total. The summed E-state index contributed by atoms with van der Waals surface area (Å²) in [7, 11) is 0. The molecule has 0 amide bonds. The zero-order valence-corrected chi connectivity index (χ0v) is 22.3. The number of piperidine rings is 1. The van der Waals surface area contributed by atoms with Crippen molar-refractivity contribution in [3.05, 3.63) is 64.1 Å². The van der Waals surface area contributed by atoms with Crippen molar-refractivity contribution >= 4 is 17.0 Å². The maximum absolute atomic E-state index is 13.3. The summed E-state index contributed by atoms with van der Waals surface area (Å²) in [5, 5.41) is 0.585. The molecule has 3 aromatic rings. The van der Waals surface area contributed by atoms with E-state index in [2.05, 4.69) is 26.6 Å². The van der Waals surface area contributed by atoms with Crippen LogP contribution in [0.1, 0.15) is 56.2 Å². The van der Waals surface area contributed by atoms with Crippen LogP contribution in [0.2, 0.25) is 0 Å². The Bertz CT molecular complexity index is 1360. The topological polar surface area (TPSA) is 57.5 Å². The van der Waals surface area contributed by atoms with Gasteiger partial charge in [0, 0.05) is 50.5 Å². The number of benzene rings is 1. The Morgan fingerprint density at radius 2 is 1.69 bits per heavy atom. The molecule has 2 aliphatic heterocycles. The summed E-state index contributed by atoms with van der Waals surface area (Å²) in [5.74, 6) is 0.762. The van der Waals surface area contributed by atoms with Crippen LogP contribution in [-0.2, 0) is 12.7 Å². The number of hydrogen-bond donors (Lipinski definition) is 0. The molecule has 208 valence electrons. The van der Waals surface area contributed by atoms with Gasteiger partial charge in [-0.2, -0.15) is 18.2 Å². The third kappa shape index (κ3) is 5.41. The Morgan fingerprint density at radius 1 is 0.949 bits per heavy atom. The van der Waals surface area contributed by atoms with Crippen LogP contribution >= 0.6 is 0 Å². The van der Waals surface area contributed by atoms with Crippen LogP contribution in [0.4, 0.5) is 19.1 Å². The molecule has 3 aliphatic rings. The van der Waals surface area contributed by atoms with Crippen LogP contribution in [-0.4, -0.2) is 69.1 Å². The molecular formula is C29H35F3N6O. The molecule has 0 bridgehead atoms. The Hall–Kier alpha value is -2.98. The number of nitrogens with zero attached hydrogens (tertiary/aromatic N) is 6. The average molecular weight is 541 g/mol. The van der Waals surface area contributed by atoms with Gasteiger partial charge in [-0.15, -0.1) is 0 Å². The first-order chi connectivity index (χ1) is 18.8. The molecule has 1 aliphatic carbocycles. The zero-order chi connectivity index (χ0) is 27.1. The Balaban J connectivity index is 1.11. The minimum atomic E-state index is -4.30. The standard InChI is InChI=1S/C29H35F3N6O/c1-2-22-19-36(28-34-26-25(4-3-13-33-26)27(39)38(28)24-9-10-24)16-17-37(22)23-11-14-35(15-12-23)18-20-5-7-21(8-6-20)29(30,31)32/h3-8,13,22-24H,2,9-12,14-19H2,1H3. The first-order valence-electron chi connectivity index (χ1n) is 14.1. The number of likely N-dealkylation sites (tertiary alicyclic amines) is 1. The first kappa shape index (κ1) is 26.3. The summed E-state index contributed by atoms with van der Waals surface area (Å²) >= 11 is 0. The maximum atomic E-state index is 13.3. The molecule has 1 atom stereocenters. The molecule has 10 heteroatoms. The molecule has 39 heavy (non-hydrogen) atoms. The fourth-order valence-corrected chi connectivity index (χ4v) is 6.27. The zero-order valence-electron chi connectivity index (χ0n) is 22.3. The number of rotatable bonds is 6. The van der Waals surface area contributed by atoms with E-state index in [0.717, 1.165) is 76.3 Å². The third-order valence-corrected chi connectivity index (χ3v) is 8.57. The van der Waals surface area contributed by atoms with Crippen molar-refractivity contribution in [2.24, 2.45) is 0 Å². The fraction of sp³-hybridized carbons (Fsp3) is 0.552. The second-order valence-corrected chi connectivity index (χ2v) is 11.1. The van der Waals surface area contributed by atoms with Crippen LogP contribution in [0.5, 0.6) is 0 Å². The van der Waals surface area contributed by atoms with Gasteiger partial charge >= 0.3 is 6.18 Å². The van der Waals surface area contributed by atoms with Gasteiger partial charge < -0.3 is 4.90 Å². The van der Waals surface area contributed by atoms with Crippen molar-refractivity contribution in [1.29, 1.82) is 0 Å². The SMILES string of the molecule is CCC1CN(c2nc3ncccc3c(=O)n2C2CC2)CCN1C1CCN(Cc2ccc(C(F)(F)F)cc2)CC1. The summed E-state index contributed by atoms with van der Waals surface area (Å²) in [4.78, 5) is 29.9. The van der Waals surface area contributed by atoms with Crippen molar-refractivity contribution in [1.82, 2.24) is 24.3 Å². The van der Waals surface area contributed by atoms with Crippen molar-refractivity contribution in [3.63, 3.8) is 0 Å². The van der Waals surface area contributed by atoms with E-state index in [1.165, 1.54) is 12.1 Å². The van der Waals surface area contributed by atoms with E-state index in [0.29, 0.717) is 29.7 Å². The Labute approximate surface area is 226 Å². The number of pyridine rings is 1. The lowest BCUT2D eigenvalue weighted by Gasteiger charge is -2.47. The summed E-state index contributed by atoms with van der Waals surface area (Å²) in [5.41, 5.74) is 0.853. The highest BCUT2D eigenvalue weighted by Gasteiger charge is 2.37. The van der Waals surface area contributed by atoms with Gasteiger partial charge in [0.1, 0.15) is 0 Å². The average Bonchev–Trinajstić information content (AvgIpc) is 3.78. The highest BCUT2D eigenvalue weighted by atomic mass is 19.4. The molecule has 2 aromatic heterocycles. The van der Waals surface area contributed by atoms with Crippen molar-refractivity contribution in [2.45, 2.75) is 69.9 Å². The third-order valence-electron chi connectivity index (χ3n) is 8.57. The van der Waals surface area contributed by atoms with Gasteiger partial charge in [0.2, 0.25) is 5.95 Å². The number of piperazine rings is 1. The number of alkyl halides is 3. The number of aromatic nitrogens is 3. The van der Waals surface area contributed by atoms with Gasteiger partial charge in [-0.3, -0.25) is 19.2 Å². The van der Waals surface area contributed by atoms with E-state index in [1.54, 1.807) is 24.4 Å². The lowest BCUT2D eigenvalue weighted by molar-refractivity contribution is -0.137. The predicted octanol–water partition coefficient (Wildman–Crippen LogP) is 4.71. The fourth-order valence-electron chi connectivity index (χ4n) is 6.27. The molecule has 0 N–H and O–H groups in total. The van der Waals surface area contributed by atoms with Crippen LogP contribution in [0.15, 0.2) is 47.4 Å². The van der Waals surface area contributed by atoms with Crippen LogP contribution in [0, 0.1) is 0 Å². The normalized spacial score (nSPS) is 22.1. The molecule has 1 aromatic carbocycles. The quantitative estimate of drug-likeness (QED) is 0.452. The molecule has 0 radical (unpaired) electrons. The van der Waals surface area contributed by atoms with Crippen LogP contribution in [0.3, 0.4) is 0 Å². The largest absolute Gasteiger partial charge is 0.416 e.